The second-order valence-corrected chi connectivity index (χ2v) is 6.95. The molecule has 31 heavy (non-hydrogen) atoms. The van der Waals surface area contributed by atoms with E-state index in [2.05, 4.69) is 4.98 Å². The zero-order valence-corrected chi connectivity index (χ0v) is 17.4. The number of para-hydroxylation sites is 1. The largest absolute Gasteiger partial charge is 0.477 e. The van der Waals surface area contributed by atoms with Gasteiger partial charge in [-0.15, -0.1) is 0 Å². The molecular weight excluding hydrogens is 392 g/mol. The number of carbonyl (C=O) groups excluding carboxylic acids is 2. The summed E-state index contributed by atoms with van der Waals surface area (Å²) in [5, 5.41) is 0.821. The minimum Gasteiger partial charge on any atom is -0.477 e. The molecule has 2 aromatic carbocycles. The molecule has 0 unspecified atom stereocenters. The summed E-state index contributed by atoms with van der Waals surface area (Å²) < 4.78 is 12.7. The molecule has 0 N–H and O–H groups in total. The number of pyridine rings is 1. The highest BCUT2D eigenvalue weighted by atomic mass is 16.5. The molecule has 2 heterocycles. The van der Waals surface area contributed by atoms with E-state index >= 15 is 0 Å². The monoisotopic (exact) mass is 414 g/mol. The summed E-state index contributed by atoms with van der Waals surface area (Å²) in [6.07, 6.45) is 1.54. The van der Waals surface area contributed by atoms with Crippen molar-refractivity contribution in [2.24, 2.45) is 7.05 Å². The Morgan fingerprint density at radius 3 is 2.48 bits per heavy atom. The molecule has 0 aliphatic rings. The normalized spacial score (nSPS) is 10.8. The third kappa shape index (κ3) is 3.92. The first kappa shape index (κ1) is 20.3. The van der Waals surface area contributed by atoms with Gasteiger partial charge in [-0.1, -0.05) is 48.5 Å². The topological polar surface area (TPSA) is 70.4 Å². The molecule has 0 amide bonds. The number of ether oxygens (including phenoxy) is 2. The zero-order chi connectivity index (χ0) is 21.8. The fourth-order valence-electron chi connectivity index (χ4n) is 3.69. The van der Waals surface area contributed by atoms with Crippen molar-refractivity contribution in [3.05, 3.63) is 84.1 Å². The van der Waals surface area contributed by atoms with E-state index < -0.39 is 5.97 Å². The Bertz CT molecular complexity index is 1250. The number of ketones is 1. The molecule has 0 aliphatic carbocycles. The van der Waals surface area contributed by atoms with Crippen LogP contribution in [0, 0.1) is 0 Å². The van der Waals surface area contributed by atoms with E-state index in [4.69, 9.17) is 9.47 Å². The van der Waals surface area contributed by atoms with Gasteiger partial charge >= 0.3 is 5.97 Å². The number of esters is 1. The quantitative estimate of drug-likeness (QED) is 0.324. The van der Waals surface area contributed by atoms with Crippen molar-refractivity contribution in [1.29, 1.82) is 0 Å². The van der Waals surface area contributed by atoms with E-state index in [1.54, 1.807) is 19.1 Å². The summed E-state index contributed by atoms with van der Waals surface area (Å²) in [6, 6.07) is 20.6. The lowest BCUT2D eigenvalue weighted by Gasteiger charge is -2.10. The average Bonchev–Trinajstić information content (AvgIpc) is 3.11. The van der Waals surface area contributed by atoms with E-state index in [9.17, 15) is 9.59 Å². The Kier molecular flexibility index (Phi) is 5.80. The van der Waals surface area contributed by atoms with Crippen molar-refractivity contribution >= 4 is 22.7 Å². The van der Waals surface area contributed by atoms with E-state index in [0.29, 0.717) is 12.2 Å². The summed E-state index contributed by atoms with van der Waals surface area (Å²) in [6.45, 7) is 1.79. The van der Waals surface area contributed by atoms with Crippen LogP contribution in [-0.4, -0.2) is 34.5 Å². The van der Waals surface area contributed by atoms with Gasteiger partial charge in [0, 0.05) is 24.1 Å². The first-order valence-corrected chi connectivity index (χ1v) is 10.0. The molecule has 0 aliphatic heterocycles. The van der Waals surface area contributed by atoms with Gasteiger partial charge in [0.05, 0.1) is 17.9 Å². The zero-order valence-electron chi connectivity index (χ0n) is 17.4. The maximum atomic E-state index is 13.3. The number of Topliss-reactive ketones (excluding diaryl/α,β-unsaturated/α-hetero) is 1. The third-order valence-corrected chi connectivity index (χ3v) is 5.04. The molecule has 4 aromatic rings. The van der Waals surface area contributed by atoms with Crippen LogP contribution >= 0.6 is 0 Å². The van der Waals surface area contributed by atoms with Gasteiger partial charge in [0.25, 0.3) is 0 Å². The van der Waals surface area contributed by atoms with Gasteiger partial charge < -0.3 is 14.0 Å². The Hall–Kier alpha value is -3.93. The van der Waals surface area contributed by atoms with E-state index in [1.165, 1.54) is 6.20 Å². The lowest BCUT2D eigenvalue weighted by molar-refractivity contribution is 0.0470. The lowest BCUT2D eigenvalue weighted by Crippen LogP contribution is -2.16. The number of hydrogen-bond donors (Lipinski definition) is 0. The Balaban J connectivity index is 1.67. The molecule has 156 valence electrons. The minimum atomic E-state index is -0.647. The van der Waals surface area contributed by atoms with Crippen molar-refractivity contribution < 1.29 is 19.1 Å². The fraction of sp³-hybridized carbons (Fsp3) is 0.160. The van der Waals surface area contributed by atoms with Gasteiger partial charge in [-0.25, -0.2) is 9.78 Å². The second kappa shape index (κ2) is 8.83. The molecule has 0 radical (unpaired) electrons. The number of rotatable bonds is 7. The van der Waals surface area contributed by atoms with Crippen molar-refractivity contribution in [3.8, 4) is 17.1 Å². The van der Waals surface area contributed by atoms with Crippen molar-refractivity contribution in [2.75, 3.05) is 13.2 Å². The number of aromatic nitrogens is 2. The molecular formula is C25H22N2O4. The molecule has 2 aromatic heterocycles. The first-order chi connectivity index (χ1) is 15.1. The van der Waals surface area contributed by atoms with Crippen LogP contribution in [0.15, 0.2) is 72.9 Å². The highest BCUT2D eigenvalue weighted by molar-refractivity contribution is 6.14. The lowest BCUT2D eigenvalue weighted by atomic mass is 10.0. The average molecular weight is 414 g/mol. The minimum absolute atomic E-state index is 0.192. The molecule has 6 nitrogen and oxygen atoms in total. The van der Waals surface area contributed by atoms with E-state index in [0.717, 1.165) is 22.2 Å². The maximum Gasteiger partial charge on any atom is 0.344 e. The Labute approximate surface area is 180 Å². The molecule has 6 heteroatoms. The summed E-state index contributed by atoms with van der Waals surface area (Å²) in [4.78, 5) is 29.9. The summed E-state index contributed by atoms with van der Waals surface area (Å²) in [7, 11) is 1.93. The first-order valence-electron chi connectivity index (χ1n) is 10.0. The van der Waals surface area contributed by atoms with Crippen LogP contribution in [0.3, 0.4) is 0 Å². The predicted molar refractivity (Wildman–Crippen MR) is 118 cm³/mol. The van der Waals surface area contributed by atoms with Crippen LogP contribution in [0.1, 0.15) is 27.6 Å². The summed E-state index contributed by atoms with van der Waals surface area (Å²) in [5.41, 5.74) is 3.37. The molecule has 0 saturated carbocycles. The van der Waals surface area contributed by atoms with Crippen LogP contribution in [-0.2, 0) is 11.8 Å². The van der Waals surface area contributed by atoms with Crippen LogP contribution in [0.25, 0.3) is 22.2 Å². The number of benzene rings is 2. The van der Waals surface area contributed by atoms with Gasteiger partial charge in [0.1, 0.15) is 5.56 Å². The van der Waals surface area contributed by atoms with Crippen LogP contribution < -0.4 is 4.74 Å². The van der Waals surface area contributed by atoms with Gasteiger partial charge in [0.2, 0.25) is 11.7 Å². The third-order valence-electron chi connectivity index (χ3n) is 5.04. The number of carbonyl (C=O) groups is 2. The smallest absolute Gasteiger partial charge is 0.344 e. The molecule has 0 fully saturated rings. The summed E-state index contributed by atoms with van der Waals surface area (Å²) in [5.74, 6) is -0.727. The van der Waals surface area contributed by atoms with Crippen LogP contribution in [0.2, 0.25) is 0 Å². The van der Waals surface area contributed by atoms with Gasteiger partial charge in [0.15, 0.2) is 6.61 Å². The van der Waals surface area contributed by atoms with Gasteiger partial charge in [-0.3, -0.25) is 4.79 Å². The molecule has 0 atom stereocenters. The fourth-order valence-corrected chi connectivity index (χ4v) is 3.69. The SMILES string of the molecule is CCOc1ncccc1C(=O)OCC(=O)c1c(-c2ccccc2)n(C)c2ccccc12. The van der Waals surface area contributed by atoms with Gasteiger partial charge in [-0.05, 0) is 30.7 Å². The van der Waals surface area contributed by atoms with Gasteiger partial charge in [-0.2, -0.15) is 0 Å². The van der Waals surface area contributed by atoms with E-state index in [1.807, 2.05) is 66.2 Å². The molecule has 0 saturated heterocycles. The number of aryl methyl sites for hydroxylation is 1. The molecule has 0 bridgehead atoms. The number of hydrogen-bond acceptors (Lipinski definition) is 5. The van der Waals surface area contributed by atoms with Crippen LogP contribution in [0.4, 0.5) is 0 Å². The van der Waals surface area contributed by atoms with E-state index in [-0.39, 0.29) is 23.8 Å². The highest BCUT2D eigenvalue weighted by Crippen LogP contribution is 2.33. The maximum absolute atomic E-state index is 13.3. The summed E-state index contributed by atoms with van der Waals surface area (Å²) >= 11 is 0. The van der Waals surface area contributed by atoms with Crippen molar-refractivity contribution in [3.63, 3.8) is 0 Å². The van der Waals surface area contributed by atoms with Crippen molar-refractivity contribution in [2.45, 2.75) is 6.92 Å². The van der Waals surface area contributed by atoms with Crippen molar-refractivity contribution in [1.82, 2.24) is 9.55 Å². The highest BCUT2D eigenvalue weighted by Gasteiger charge is 2.24. The standard InChI is InChI=1S/C25H22N2O4/c1-3-30-24-19(13-9-15-26-24)25(29)31-16-21(28)22-18-12-7-8-14-20(18)27(2)23(22)17-10-5-4-6-11-17/h4-15H,3,16H2,1-2H3. The molecule has 0 spiro atoms. The second-order valence-electron chi connectivity index (χ2n) is 6.95. The number of fused-ring (bicyclic) bond motifs is 1. The molecule has 4 rings (SSSR count). The predicted octanol–water partition coefficient (Wildman–Crippen LogP) is 4.68. The number of nitrogens with zero attached hydrogens (tertiary/aromatic N) is 2. The van der Waals surface area contributed by atoms with Crippen LogP contribution in [0.5, 0.6) is 5.88 Å². The Morgan fingerprint density at radius 2 is 1.71 bits per heavy atom. The Morgan fingerprint density at radius 1 is 0.968 bits per heavy atom.